The molecule has 58 valence electrons. The molecular weight excluding hydrogens is 124 g/mol. The molecule has 1 heteroatoms. The fourth-order valence-corrected chi connectivity index (χ4v) is 2.47. The van der Waals surface area contributed by atoms with Gasteiger partial charge in [-0.15, -0.1) is 0 Å². The van der Waals surface area contributed by atoms with Crippen LogP contribution in [0.25, 0.3) is 0 Å². The summed E-state index contributed by atoms with van der Waals surface area (Å²) in [6, 6.07) is 0. The lowest BCUT2D eigenvalue weighted by Crippen LogP contribution is -2.30. The minimum Gasteiger partial charge on any atom is -0.390 e. The van der Waals surface area contributed by atoms with Crippen molar-refractivity contribution in [3.05, 3.63) is 0 Å². The number of aliphatic hydroxyl groups is 1. The minimum absolute atomic E-state index is 0.229. The molecule has 3 saturated carbocycles. The van der Waals surface area contributed by atoms with Crippen LogP contribution < -0.4 is 0 Å². The summed E-state index contributed by atoms with van der Waals surface area (Å²) in [7, 11) is 0. The second-order valence-corrected chi connectivity index (χ2v) is 4.06. The molecule has 2 bridgehead atoms. The molecule has 10 heavy (non-hydrogen) atoms. The third kappa shape index (κ3) is 1.07. The molecule has 0 unspecified atom stereocenters. The lowest BCUT2D eigenvalue weighted by atomic mass is 9.81. The molecule has 3 aliphatic rings. The third-order valence-corrected chi connectivity index (χ3v) is 3.29. The largest absolute Gasteiger partial charge is 0.390 e. The van der Waals surface area contributed by atoms with Crippen LogP contribution >= 0.6 is 0 Å². The first-order valence-electron chi connectivity index (χ1n) is 4.51. The molecule has 0 aromatic heterocycles. The Balaban J connectivity index is 2.11. The molecule has 0 aromatic carbocycles. The molecule has 1 nitrogen and oxygen atoms in total. The zero-order chi connectivity index (χ0) is 7.03. The maximum atomic E-state index is 9.90. The van der Waals surface area contributed by atoms with Gasteiger partial charge in [-0.25, -0.2) is 0 Å². The molecule has 1 N–H and O–H groups in total. The zero-order valence-electron chi connectivity index (χ0n) is 6.47. The van der Waals surface area contributed by atoms with Gasteiger partial charge in [-0.2, -0.15) is 0 Å². The smallest absolute Gasteiger partial charge is 0.0648 e. The Labute approximate surface area is 62.4 Å². The maximum Gasteiger partial charge on any atom is 0.0648 e. The number of hydrogen-bond donors (Lipinski definition) is 1. The van der Waals surface area contributed by atoms with Gasteiger partial charge in [-0.3, -0.25) is 0 Å². The van der Waals surface area contributed by atoms with Crippen molar-refractivity contribution in [1.29, 1.82) is 0 Å². The number of rotatable bonds is 0. The lowest BCUT2D eigenvalue weighted by Gasteiger charge is -2.31. The zero-order valence-corrected chi connectivity index (χ0v) is 6.47. The van der Waals surface area contributed by atoms with Crippen molar-refractivity contribution in [3.63, 3.8) is 0 Å². The summed E-state index contributed by atoms with van der Waals surface area (Å²) < 4.78 is 0. The van der Waals surface area contributed by atoms with Crippen molar-refractivity contribution in [2.75, 3.05) is 0 Å². The molecule has 0 aromatic rings. The van der Waals surface area contributed by atoms with E-state index >= 15 is 0 Å². The van der Waals surface area contributed by atoms with E-state index in [1.54, 1.807) is 0 Å². The average molecular weight is 140 g/mol. The number of hydrogen-bond acceptors (Lipinski definition) is 1. The van der Waals surface area contributed by atoms with E-state index in [0.29, 0.717) is 0 Å². The third-order valence-electron chi connectivity index (χ3n) is 3.29. The molecule has 0 aliphatic heterocycles. The average Bonchev–Trinajstić information content (AvgIpc) is 2.19. The highest BCUT2D eigenvalue weighted by Crippen LogP contribution is 2.41. The first kappa shape index (κ1) is 6.66. The van der Waals surface area contributed by atoms with E-state index in [9.17, 15) is 5.11 Å². The molecule has 0 heterocycles. The molecule has 3 fully saturated rings. The highest BCUT2D eigenvalue weighted by atomic mass is 16.3. The molecule has 0 amide bonds. The highest BCUT2D eigenvalue weighted by molar-refractivity contribution is 4.88. The SMILES string of the molecule is OC12CCCC(CC1)CC2. The summed E-state index contributed by atoms with van der Waals surface area (Å²) in [5, 5.41) is 9.90. The standard InChI is InChI=1S/C9H16O/c10-9-5-1-2-8(3-6-9)4-7-9/h8,10H,1-7H2. The quantitative estimate of drug-likeness (QED) is 0.546. The summed E-state index contributed by atoms with van der Waals surface area (Å²) >= 11 is 0. The van der Waals surface area contributed by atoms with E-state index in [0.717, 1.165) is 25.2 Å². The van der Waals surface area contributed by atoms with Crippen LogP contribution in [0.15, 0.2) is 0 Å². The van der Waals surface area contributed by atoms with Crippen molar-refractivity contribution in [2.24, 2.45) is 5.92 Å². The van der Waals surface area contributed by atoms with E-state index in [4.69, 9.17) is 0 Å². The van der Waals surface area contributed by atoms with Crippen molar-refractivity contribution >= 4 is 0 Å². The topological polar surface area (TPSA) is 20.2 Å². The summed E-state index contributed by atoms with van der Waals surface area (Å²) in [4.78, 5) is 0. The van der Waals surface area contributed by atoms with Gasteiger partial charge in [0.15, 0.2) is 0 Å². The fraction of sp³-hybridized carbons (Fsp3) is 1.00. The van der Waals surface area contributed by atoms with Crippen LogP contribution in [0.1, 0.15) is 44.9 Å². The van der Waals surface area contributed by atoms with Gasteiger partial charge in [0.05, 0.1) is 5.60 Å². The molecule has 0 saturated heterocycles. The summed E-state index contributed by atoms with van der Waals surface area (Å²) in [5.41, 5.74) is -0.229. The van der Waals surface area contributed by atoms with Crippen molar-refractivity contribution in [1.82, 2.24) is 0 Å². The second kappa shape index (κ2) is 2.23. The van der Waals surface area contributed by atoms with Gasteiger partial charge in [-0.05, 0) is 38.0 Å². The van der Waals surface area contributed by atoms with Crippen LogP contribution in [0.3, 0.4) is 0 Å². The van der Waals surface area contributed by atoms with E-state index in [2.05, 4.69) is 0 Å². The van der Waals surface area contributed by atoms with Gasteiger partial charge >= 0.3 is 0 Å². The van der Waals surface area contributed by atoms with Crippen LogP contribution in [0, 0.1) is 5.92 Å². The Bertz CT molecular complexity index is 117. The Hall–Kier alpha value is -0.0400. The highest BCUT2D eigenvalue weighted by Gasteiger charge is 2.35. The predicted molar refractivity (Wildman–Crippen MR) is 40.8 cm³/mol. The summed E-state index contributed by atoms with van der Waals surface area (Å²) in [6.07, 6.45) is 8.45. The van der Waals surface area contributed by atoms with Crippen molar-refractivity contribution in [2.45, 2.75) is 50.5 Å². The van der Waals surface area contributed by atoms with Gasteiger partial charge in [0, 0.05) is 0 Å². The van der Waals surface area contributed by atoms with E-state index in [1.807, 2.05) is 0 Å². The van der Waals surface area contributed by atoms with Gasteiger partial charge < -0.3 is 5.11 Å². The predicted octanol–water partition coefficient (Wildman–Crippen LogP) is 2.09. The molecule has 3 rings (SSSR count). The normalized spacial score (nSPS) is 47.1. The minimum atomic E-state index is -0.229. The Kier molecular flexibility index (Phi) is 1.48. The Morgan fingerprint density at radius 2 is 1.70 bits per heavy atom. The van der Waals surface area contributed by atoms with Crippen LogP contribution in [0.5, 0.6) is 0 Å². The van der Waals surface area contributed by atoms with Gasteiger partial charge in [0.2, 0.25) is 0 Å². The molecular formula is C9H16O. The van der Waals surface area contributed by atoms with E-state index < -0.39 is 0 Å². The fourth-order valence-electron chi connectivity index (χ4n) is 2.47. The first-order valence-corrected chi connectivity index (χ1v) is 4.51. The molecule has 0 spiro atoms. The van der Waals surface area contributed by atoms with Gasteiger partial charge in [0.25, 0.3) is 0 Å². The Morgan fingerprint density at radius 3 is 2.40 bits per heavy atom. The first-order chi connectivity index (χ1) is 4.79. The molecule has 0 atom stereocenters. The van der Waals surface area contributed by atoms with Gasteiger partial charge in [-0.1, -0.05) is 12.8 Å². The summed E-state index contributed by atoms with van der Waals surface area (Å²) in [5.74, 6) is 0.961. The Morgan fingerprint density at radius 1 is 1.00 bits per heavy atom. The lowest BCUT2D eigenvalue weighted by molar-refractivity contribution is -0.00146. The molecule has 3 aliphatic carbocycles. The van der Waals surface area contributed by atoms with E-state index in [-0.39, 0.29) is 5.60 Å². The van der Waals surface area contributed by atoms with E-state index in [1.165, 1.54) is 25.7 Å². The molecule has 0 radical (unpaired) electrons. The summed E-state index contributed by atoms with van der Waals surface area (Å²) in [6.45, 7) is 0. The van der Waals surface area contributed by atoms with Crippen LogP contribution in [-0.4, -0.2) is 10.7 Å². The van der Waals surface area contributed by atoms with Crippen LogP contribution in [0.4, 0.5) is 0 Å². The number of fused-ring (bicyclic) bond motifs is 4. The van der Waals surface area contributed by atoms with Crippen molar-refractivity contribution in [3.8, 4) is 0 Å². The van der Waals surface area contributed by atoms with Crippen LogP contribution in [0.2, 0.25) is 0 Å². The maximum absolute atomic E-state index is 9.90. The van der Waals surface area contributed by atoms with Crippen LogP contribution in [-0.2, 0) is 0 Å². The van der Waals surface area contributed by atoms with Crippen molar-refractivity contribution < 1.29 is 5.11 Å². The second-order valence-electron chi connectivity index (χ2n) is 4.06. The monoisotopic (exact) mass is 140 g/mol. The van der Waals surface area contributed by atoms with Gasteiger partial charge in [0.1, 0.15) is 0 Å².